The van der Waals surface area contributed by atoms with Crippen LogP contribution in [0.2, 0.25) is 0 Å². The highest BCUT2D eigenvalue weighted by Gasteiger charge is 2.38. The Hall–Kier alpha value is -3.63. The molecule has 0 unspecified atom stereocenters. The first-order valence-electron chi connectivity index (χ1n) is 6.39. The predicted octanol–water partition coefficient (Wildman–Crippen LogP) is 0.937. The van der Waals surface area contributed by atoms with Gasteiger partial charge in [0, 0.05) is 20.2 Å². The van der Waals surface area contributed by atoms with Gasteiger partial charge in [-0.15, -0.1) is 0 Å². The number of imide groups is 2. The summed E-state index contributed by atoms with van der Waals surface area (Å²) >= 11 is 0. The van der Waals surface area contributed by atoms with Crippen molar-refractivity contribution < 1.29 is 24.2 Å². The molecule has 0 bridgehead atoms. The number of urea groups is 1. The Morgan fingerprint density at radius 3 is 1.96 bits per heavy atom. The molecule has 0 aliphatic carbocycles. The molecule has 1 fully saturated rings. The molecule has 0 saturated carbocycles. The number of barbiturate groups is 1. The zero-order valence-electron chi connectivity index (χ0n) is 12.5. The molecule has 124 valence electrons. The van der Waals surface area contributed by atoms with Gasteiger partial charge in [-0.3, -0.25) is 39.6 Å². The van der Waals surface area contributed by atoms with Crippen molar-refractivity contribution in [3.05, 3.63) is 49.6 Å². The van der Waals surface area contributed by atoms with Gasteiger partial charge in [0.2, 0.25) is 0 Å². The summed E-state index contributed by atoms with van der Waals surface area (Å²) in [5.74, 6) is -1.84. The lowest BCUT2D eigenvalue weighted by molar-refractivity contribution is -0.394. The smallest absolute Gasteiger partial charge is 0.268 e. The molecule has 4 amide bonds. The molecule has 11 nitrogen and oxygen atoms in total. The van der Waals surface area contributed by atoms with Crippen molar-refractivity contribution in [1.29, 1.82) is 0 Å². The minimum Gasteiger partial charge on any atom is -0.268 e. The van der Waals surface area contributed by atoms with E-state index in [-0.39, 0.29) is 5.56 Å². The summed E-state index contributed by atoms with van der Waals surface area (Å²) in [5.41, 5.74) is -1.77. The SMILES string of the molecule is CN1C(=O)C(=Cc2ccc([N+](=O)[O-])cc2[N+](=O)[O-])C(=O)N(C)C1=O. The van der Waals surface area contributed by atoms with E-state index in [1.54, 1.807) is 0 Å². The second kappa shape index (κ2) is 5.87. The van der Waals surface area contributed by atoms with E-state index >= 15 is 0 Å². The van der Waals surface area contributed by atoms with Gasteiger partial charge < -0.3 is 0 Å². The van der Waals surface area contributed by atoms with Crippen LogP contribution in [-0.4, -0.2) is 51.6 Å². The molecular formula is C13H10N4O7. The van der Waals surface area contributed by atoms with Crippen molar-refractivity contribution in [3.8, 4) is 0 Å². The van der Waals surface area contributed by atoms with Gasteiger partial charge in [-0.2, -0.15) is 0 Å². The van der Waals surface area contributed by atoms with Crippen molar-refractivity contribution >= 4 is 35.3 Å². The summed E-state index contributed by atoms with van der Waals surface area (Å²) < 4.78 is 0. The summed E-state index contributed by atoms with van der Waals surface area (Å²) in [7, 11) is 2.32. The quantitative estimate of drug-likeness (QED) is 0.346. The monoisotopic (exact) mass is 334 g/mol. The molecule has 1 saturated heterocycles. The molecule has 1 aromatic rings. The summed E-state index contributed by atoms with van der Waals surface area (Å²) in [5, 5.41) is 21.8. The average Bonchev–Trinajstić information content (AvgIpc) is 2.54. The topological polar surface area (TPSA) is 144 Å². The molecule has 24 heavy (non-hydrogen) atoms. The molecule has 1 aromatic carbocycles. The number of non-ortho nitro benzene ring substituents is 1. The van der Waals surface area contributed by atoms with Crippen molar-refractivity contribution in [2.45, 2.75) is 0 Å². The number of carbonyl (C=O) groups is 3. The highest BCUT2D eigenvalue weighted by atomic mass is 16.6. The second-order valence-electron chi connectivity index (χ2n) is 4.83. The number of hydrogen-bond acceptors (Lipinski definition) is 7. The summed E-state index contributed by atoms with van der Waals surface area (Å²) in [6.45, 7) is 0. The Bertz CT molecular complexity index is 804. The van der Waals surface area contributed by atoms with E-state index in [1.807, 2.05) is 0 Å². The van der Waals surface area contributed by atoms with Gasteiger partial charge in [-0.25, -0.2) is 4.79 Å². The number of likely N-dealkylation sites (N-methyl/N-ethyl adjacent to an activating group) is 2. The van der Waals surface area contributed by atoms with Crippen LogP contribution in [0.1, 0.15) is 5.56 Å². The Balaban J connectivity index is 2.59. The molecule has 0 atom stereocenters. The standard InChI is InChI=1S/C13H10N4O7/c1-14-11(18)9(12(19)15(2)13(14)20)5-7-3-4-8(16(21)22)6-10(7)17(23)24/h3-6H,1-2H3. The fourth-order valence-electron chi connectivity index (χ4n) is 2.06. The number of nitrogens with zero attached hydrogens (tertiary/aromatic N) is 4. The maximum Gasteiger partial charge on any atom is 0.333 e. The van der Waals surface area contributed by atoms with Crippen LogP contribution in [0, 0.1) is 20.2 Å². The van der Waals surface area contributed by atoms with Gasteiger partial charge in [-0.1, -0.05) is 0 Å². The van der Waals surface area contributed by atoms with Gasteiger partial charge in [0.15, 0.2) is 0 Å². The summed E-state index contributed by atoms with van der Waals surface area (Å²) in [6, 6.07) is 1.96. The normalized spacial score (nSPS) is 14.9. The lowest BCUT2D eigenvalue weighted by Crippen LogP contribution is -2.52. The average molecular weight is 334 g/mol. The van der Waals surface area contributed by atoms with Crippen LogP contribution in [0.3, 0.4) is 0 Å². The highest BCUT2D eigenvalue weighted by Crippen LogP contribution is 2.28. The van der Waals surface area contributed by atoms with Gasteiger partial charge in [-0.05, 0) is 12.1 Å². The van der Waals surface area contributed by atoms with Gasteiger partial charge in [0.1, 0.15) is 5.57 Å². The van der Waals surface area contributed by atoms with Crippen LogP contribution in [0.25, 0.3) is 6.08 Å². The van der Waals surface area contributed by atoms with Crippen LogP contribution < -0.4 is 0 Å². The number of rotatable bonds is 3. The number of carbonyl (C=O) groups excluding carboxylic acids is 3. The Morgan fingerprint density at radius 1 is 0.958 bits per heavy atom. The summed E-state index contributed by atoms with van der Waals surface area (Å²) in [4.78, 5) is 57.3. The molecule has 11 heteroatoms. The third kappa shape index (κ3) is 2.69. The van der Waals surface area contributed by atoms with Crippen molar-refractivity contribution in [3.63, 3.8) is 0 Å². The highest BCUT2D eigenvalue weighted by molar-refractivity contribution is 6.30. The minimum absolute atomic E-state index is 0.168. The van der Waals surface area contributed by atoms with Gasteiger partial charge in [0.25, 0.3) is 23.2 Å². The third-order valence-electron chi connectivity index (χ3n) is 3.37. The van der Waals surface area contributed by atoms with Crippen LogP contribution in [0.15, 0.2) is 23.8 Å². The van der Waals surface area contributed by atoms with Crippen molar-refractivity contribution in [1.82, 2.24) is 9.80 Å². The van der Waals surface area contributed by atoms with E-state index in [9.17, 15) is 34.6 Å². The van der Waals surface area contributed by atoms with Crippen LogP contribution >= 0.6 is 0 Å². The van der Waals surface area contributed by atoms with E-state index in [1.165, 1.54) is 0 Å². The maximum absolute atomic E-state index is 12.1. The van der Waals surface area contributed by atoms with E-state index in [0.29, 0.717) is 9.80 Å². The number of nitro benzene ring substituents is 2. The van der Waals surface area contributed by atoms with Crippen molar-refractivity contribution in [2.24, 2.45) is 0 Å². The van der Waals surface area contributed by atoms with Crippen molar-refractivity contribution in [2.75, 3.05) is 14.1 Å². The lowest BCUT2D eigenvalue weighted by atomic mass is 10.0. The first-order chi connectivity index (χ1) is 11.1. The lowest BCUT2D eigenvalue weighted by Gasteiger charge is -2.28. The number of amides is 4. The van der Waals surface area contributed by atoms with Crippen LogP contribution in [0.5, 0.6) is 0 Å². The molecule has 0 aromatic heterocycles. The van der Waals surface area contributed by atoms with Crippen LogP contribution in [-0.2, 0) is 9.59 Å². The largest absolute Gasteiger partial charge is 0.333 e. The van der Waals surface area contributed by atoms with Crippen LogP contribution in [0.4, 0.5) is 16.2 Å². The minimum atomic E-state index is -0.921. The fourth-order valence-corrected chi connectivity index (χ4v) is 2.06. The fraction of sp³-hybridized carbons (Fsp3) is 0.154. The molecule has 0 N–H and O–H groups in total. The summed E-state index contributed by atoms with van der Waals surface area (Å²) in [6.07, 6.45) is 0.936. The molecule has 1 aliphatic heterocycles. The third-order valence-corrected chi connectivity index (χ3v) is 3.37. The van der Waals surface area contributed by atoms with E-state index in [4.69, 9.17) is 0 Å². The predicted molar refractivity (Wildman–Crippen MR) is 78.7 cm³/mol. The molecule has 0 radical (unpaired) electrons. The number of nitro groups is 2. The Labute approximate surface area is 134 Å². The molecule has 1 heterocycles. The zero-order chi connectivity index (χ0) is 18.2. The number of benzene rings is 1. The Kier molecular flexibility index (Phi) is 4.09. The molecule has 0 spiro atoms. The second-order valence-corrected chi connectivity index (χ2v) is 4.83. The zero-order valence-corrected chi connectivity index (χ0v) is 12.5. The first-order valence-corrected chi connectivity index (χ1v) is 6.39. The van der Waals surface area contributed by atoms with Gasteiger partial charge >= 0.3 is 6.03 Å². The number of hydrogen-bond donors (Lipinski definition) is 0. The molecule has 1 aliphatic rings. The van der Waals surface area contributed by atoms with E-state index < -0.39 is 44.6 Å². The Morgan fingerprint density at radius 2 is 1.50 bits per heavy atom. The molecule has 2 rings (SSSR count). The molecular weight excluding hydrogens is 324 g/mol. The maximum atomic E-state index is 12.1. The van der Waals surface area contributed by atoms with E-state index in [0.717, 1.165) is 38.4 Å². The first kappa shape index (κ1) is 16.7. The van der Waals surface area contributed by atoms with E-state index in [2.05, 4.69) is 0 Å². The van der Waals surface area contributed by atoms with Gasteiger partial charge in [0.05, 0.1) is 21.5 Å².